The van der Waals surface area contributed by atoms with Gasteiger partial charge >= 0.3 is 0 Å². The minimum atomic E-state index is -0.413. The minimum Gasteiger partial charge on any atom is -0.497 e. The Balaban J connectivity index is 1.44. The number of amides is 1. The molecule has 0 atom stereocenters. The molecule has 5 rings (SSSR count). The second-order valence-electron chi connectivity index (χ2n) is 8.12. The van der Waals surface area contributed by atoms with Crippen LogP contribution >= 0.6 is 11.3 Å². The van der Waals surface area contributed by atoms with Crippen molar-refractivity contribution in [2.75, 3.05) is 7.11 Å². The summed E-state index contributed by atoms with van der Waals surface area (Å²) in [6.45, 7) is 1.75. The lowest BCUT2D eigenvalue weighted by Gasteiger charge is -2.31. The first-order valence-electron chi connectivity index (χ1n) is 10.4. The molecule has 1 amide bonds. The average Bonchev–Trinajstić information content (AvgIpc) is 3.48. The van der Waals surface area contributed by atoms with Crippen LogP contribution in [0.2, 0.25) is 0 Å². The van der Waals surface area contributed by atoms with E-state index < -0.39 is 5.54 Å². The van der Waals surface area contributed by atoms with E-state index >= 15 is 0 Å². The fraction of sp³-hybridized carbons (Fsp3) is 0.348. The van der Waals surface area contributed by atoms with Crippen molar-refractivity contribution in [2.45, 2.75) is 44.7 Å². The summed E-state index contributed by atoms with van der Waals surface area (Å²) in [5.41, 5.74) is 0.948. The molecule has 1 saturated carbocycles. The number of benzene rings is 1. The number of thiophene rings is 1. The Hall–Kier alpha value is -3.13. The molecule has 4 aromatic rings. The molecule has 0 bridgehead atoms. The molecular formula is C23H24N4O3S. The summed E-state index contributed by atoms with van der Waals surface area (Å²) in [4.78, 5) is 27.1. The molecule has 0 unspecified atom stereocenters. The van der Waals surface area contributed by atoms with Gasteiger partial charge in [-0.15, -0.1) is 11.3 Å². The summed E-state index contributed by atoms with van der Waals surface area (Å²) in [7, 11) is 1.64. The molecule has 7 nitrogen and oxygen atoms in total. The second kappa shape index (κ2) is 7.53. The maximum atomic E-state index is 13.1. The molecule has 3 aromatic heterocycles. The smallest absolute Gasteiger partial charge is 0.291 e. The number of nitrogens with one attached hydrogen (secondary N) is 1. The summed E-state index contributed by atoms with van der Waals surface area (Å²) < 4.78 is 8.41. The molecule has 0 spiro atoms. The number of ether oxygens (including phenoxy) is 1. The van der Waals surface area contributed by atoms with Crippen LogP contribution in [0.4, 0.5) is 0 Å². The van der Waals surface area contributed by atoms with Crippen LogP contribution in [0.5, 0.6) is 5.75 Å². The van der Waals surface area contributed by atoms with Gasteiger partial charge in [0.25, 0.3) is 5.56 Å². The van der Waals surface area contributed by atoms with Gasteiger partial charge in [0.15, 0.2) is 0 Å². The lowest BCUT2D eigenvalue weighted by molar-refractivity contribution is -0.124. The van der Waals surface area contributed by atoms with E-state index in [1.54, 1.807) is 18.4 Å². The van der Waals surface area contributed by atoms with Gasteiger partial charge in [0.05, 0.1) is 12.6 Å². The number of hydrogen-bond acceptors (Lipinski definition) is 5. The lowest BCUT2D eigenvalue weighted by atomic mass is 9.88. The molecule has 31 heavy (non-hydrogen) atoms. The molecule has 1 aromatic carbocycles. The fourth-order valence-electron chi connectivity index (χ4n) is 4.72. The van der Waals surface area contributed by atoms with Crippen molar-refractivity contribution in [1.82, 2.24) is 19.5 Å². The first-order valence-corrected chi connectivity index (χ1v) is 11.3. The Morgan fingerprint density at radius 1 is 1.23 bits per heavy atom. The molecule has 1 N–H and O–H groups in total. The highest BCUT2D eigenvalue weighted by Crippen LogP contribution is 2.39. The van der Waals surface area contributed by atoms with Gasteiger partial charge in [-0.2, -0.15) is 5.10 Å². The number of carbonyl (C=O) groups is 1. The number of aromatic nitrogens is 3. The van der Waals surface area contributed by atoms with Gasteiger partial charge < -0.3 is 10.1 Å². The van der Waals surface area contributed by atoms with Crippen molar-refractivity contribution >= 4 is 33.0 Å². The van der Waals surface area contributed by atoms with E-state index in [0.29, 0.717) is 11.3 Å². The Morgan fingerprint density at radius 2 is 1.97 bits per heavy atom. The van der Waals surface area contributed by atoms with Crippen molar-refractivity contribution in [2.24, 2.45) is 0 Å². The van der Waals surface area contributed by atoms with Gasteiger partial charge in [-0.3, -0.25) is 14.0 Å². The van der Waals surface area contributed by atoms with Crippen molar-refractivity contribution in [3.63, 3.8) is 0 Å². The van der Waals surface area contributed by atoms with E-state index in [1.165, 1.54) is 4.68 Å². The molecule has 1 aliphatic rings. The summed E-state index contributed by atoms with van der Waals surface area (Å²) in [6, 6.07) is 11.7. The number of fused-ring (bicyclic) bond motifs is 3. The van der Waals surface area contributed by atoms with Crippen LogP contribution in [0.25, 0.3) is 15.7 Å². The molecule has 1 aliphatic carbocycles. The zero-order valence-corrected chi connectivity index (χ0v) is 18.4. The molecule has 8 heteroatoms. The summed E-state index contributed by atoms with van der Waals surface area (Å²) >= 11 is 1.57. The quantitative estimate of drug-likeness (QED) is 0.518. The van der Waals surface area contributed by atoms with Crippen molar-refractivity contribution < 1.29 is 9.53 Å². The first-order chi connectivity index (χ1) is 15.0. The third-order valence-electron chi connectivity index (χ3n) is 6.22. The van der Waals surface area contributed by atoms with E-state index in [9.17, 15) is 9.59 Å². The number of carbonyl (C=O) groups excluding carboxylic acids is 1. The van der Waals surface area contributed by atoms with E-state index in [1.807, 2.05) is 53.1 Å². The van der Waals surface area contributed by atoms with Gasteiger partial charge in [0.2, 0.25) is 5.91 Å². The number of methoxy groups -OCH3 is 1. The monoisotopic (exact) mass is 436 g/mol. The lowest BCUT2D eigenvalue weighted by Crippen LogP contribution is -2.46. The van der Waals surface area contributed by atoms with Crippen LogP contribution in [0, 0.1) is 6.92 Å². The maximum Gasteiger partial charge on any atom is 0.291 e. The van der Waals surface area contributed by atoms with Gasteiger partial charge in [0.1, 0.15) is 28.5 Å². The Bertz CT molecular complexity index is 1330. The molecule has 1 fully saturated rings. The SMILES string of the molecule is COc1ccc(C2(NC(=O)Cn3nc(C)n4c(cc5ccsc54)c3=O)CCCC2)cc1. The predicted molar refractivity (Wildman–Crippen MR) is 121 cm³/mol. The fourth-order valence-corrected chi connectivity index (χ4v) is 5.67. The molecular weight excluding hydrogens is 412 g/mol. The normalized spacial score (nSPS) is 15.5. The van der Waals surface area contributed by atoms with Gasteiger partial charge in [-0.25, -0.2) is 4.68 Å². The predicted octanol–water partition coefficient (Wildman–Crippen LogP) is 3.61. The number of aryl methyl sites for hydroxylation is 1. The Morgan fingerprint density at radius 3 is 2.68 bits per heavy atom. The largest absolute Gasteiger partial charge is 0.497 e. The van der Waals surface area contributed by atoms with E-state index in [4.69, 9.17) is 4.74 Å². The average molecular weight is 437 g/mol. The molecule has 0 radical (unpaired) electrons. The highest BCUT2D eigenvalue weighted by molar-refractivity contribution is 7.16. The van der Waals surface area contributed by atoms with Gasteiger partial charge in [-0.1, -0.05) is 25.0 Å². The zero-order valence-electron chi connectivity index (χ0n) is 17.6. The van der Waals surface area contributed by atoms with Crippen molar-refractivity contribution in [3.05, 3.63) is 63.5 Å². The van der Waals surface area contributed by atoms with Crippen molar-refractivity contribution in [1.29, 1.82) is 0 Å². The van der Waals surface area contributed by atoms with Crippen molar-refractivity contribution in [3.8, 4) is 5.75 Å². The topological polar surface area (TPSA) is 77.6 Å². The molecule has 160 valence electrons. The second-order valence-corrected chi connectivity index (χ2v) is 9.02. The van der Waals surface area contributed by atoms with Crippen LogP contribution in [0.1, 0.15) is 37.1 Å². The number of nitrogens with zero attached hydrogens (tertiary/aromatic N) is 3. The minimum absolute atomic E-state index is 0.104. The van der Waals surface area contributed by atoms with Gasteiger partial charge in [-0.05, 0) is 55.0 Å². The van der Waals surface area contributed by atoms with Crippen LogP contribution < -0.4 is 15.6 Å². The van der Waals surface area contributed by atoms with Crippen LogP contribution in [-0.2, 0) is 16.9 Å². The summed E-state index contributed by atoms with van der Waals surface area (Å²) in [5.74, 6) is 1.27. The van der Waals surface area contributed by atoms with Crippen LogP contribution in [0.15, 0.2) is 46.6 Å². The molecule has 3 heterocycles. The molecule has 0 saturated heterocycles. The first kappa shape index (κ1) is 19.8. The van der Waals surface area contributed by atoms with Crippen LogP contribution in [-0.4, -0.2) is 27.2 Å². The molecule has 0 aliphatic heterocycles. The van der Waals surface area contributed by atoms with E-state index in [2.05, 4.69) is 10.4 Å². The third-order valence-corrected chi connectivity index (χ3v) is 7.14. The Labute approximate surface area is 183 Å². The van der Waals surface area contributed by atoms with E-state index in [0.717, 1.165) is 47.2 Å². The van der Waals surface area contributed by atoms with Crippen LogP contribution in [0.3, 0.4) is 0 Å². The maximum absolute atomic E-state index is 13.1. The standard InChI is InChI=1S/C23H24N4O3S/c1-15-25-26(21(29)19-13-16-9-12-31-22(16)27(15)19)14-20(28)24-23(10-3-4-11-23)17-5-7-18(30-2)8-6-17/h5-9,12-13H,3-4,10-11,14H2,1-2H3,(H,24,28). The highest BCUT2D eigenvalue weighted by atomic mass is 32.1. The highest BCUT2D eigenvalue weighted by Gasteiger charge is 2.37. The summed E-state index contributed by atoms with van der Waals surface area (Å²) in [5, 5.41) is 10.7. The van der Waals surface area contributed by atoms with Gasteiger partial charge in [0, 0.05) is 5.39 Å². The van der Waals surface area contributed by atoms with E-state index in [-0.39, 0.29) is 18.0 Å². The number of hydrogen-bond donors (Lipinski definition) is 1. The number of rotatable bonds is 5. The zero-order chi connectivity index (χ0) is 21.6. The summed E-state index contributed by atoms with van der Waals surface area (Å²) in [6.07, 6.45) is 3.85. The Kier molecular flexibility index (Phi) is 4.81. The third kappa shape index (κ3) is 3.31.